The molecular formula is C32H20Ni4-20. The van der Waals surface area contributed by atoms with Gasteiger partial charge in [-0.3, -0.25) is 0 Å². The van der Waals surface area contributed by atoms with Crippen LogP contribution in [0.2, 0.25) is 0 Å². The number of hydrogen-bond acceptors (Lipinski definition) is 0. The Bertz CT molecular complexity index is 663. The second-order valence-electron chi connectivity index (χ2n) is 5.85. The Morgan fingerprint density at radius 3 is 0.583 bits per heavy atom. The summed E-state index contributed by atoms with van der Waals surface area (Å²) in [5.41, 5.74) is 0. The normalized spacial score (nSPS) is 10.7. The van der Waals surface area contributed by atoms with Gasteiger partial charge in [0.15, 0.2) is 0 Å². The molecule has 0 aliphatic heterocycles. The first-order chi connectivity index (χ1) is 16.0. The molecule has 0 fully saturated rings. The van der Waals surface area contributed by atoms with E-state index in [0.29, 0.717) is 0 Å². The molecule has 0 heterocycles. The van der Waals surface area contributed by atoms with Gasteiger partial charge in [0.05, 0.1) is 0 Å². The minimum absolute atomic E-state index is 0. The molecule has 5 rings (SSSR count). The van der Waals surface area contributed by atoms with Gasteiger partial charge in [0, 0.05) is 91.6 Å². The van der Waals surface area contributed by atoms with Crippen LogP contribution in [0.15, 0.2) is 24.3 Å². The van der Waals surface area contributed by atoms with Crippen LogP contribution in [0, 0.1) is 121 Å². The van der Waals surface area contributed by atoms with Gasteiger partial charge >= 0.3 is 0 Å². The summed E-state index contributed by atoms with van der Waals surface area (Å²) in [4.78, 5) is 0. The topological polar surface area (TPSA) is 0 Å². The fourth-order valence-corrected chi connectivity index (χ4v) is 1.93. The molecule has 36 heavy (non-hydrogen) atoms. The fraction of sp³-hybridized carbons (Fsp3) is 0.250. The average Bonchev–Trinajstić information content (AvgIpc) is 3.68. The molecule has 0 amide bonds. The van der Waals surface area contributed by atoms with Crippen LogP contribution < -0.4 is 0 Å². The van der Waals surface area contributed by atoms with E-state index >= 15 is 0 Å². The van der Waals surface area contributed by atoms with Crippen molar-refractivity contribution in [2.45, 2.75) is 51.4 Å². The van der Waals surface area contributed by atoms with E-state index in [0.717, 1.165) is 25.7 Å². The van der Waals surface area contributed by atoms with E-state index in [-0.39, 0.29) is 66.0 Å². The summed E-state index contributed by atoms with van der Waals surface area (Å²) in [5.74, 6) is 12.8. The van der Waals surface area contributed by atoms with Gasteiger partial charge in [-0.2, -0.15) is 0 Å². The molecule has 4 aromatic rings. The zero-order valence-electron chi connectivity index (χ0n) is 19.2. The van der Waals surface area contributed by atoms with Crippen LogP contribution in [0.5, 0.6) is 0 Å². The number of rotatable bonds is 0. The summed E-state index contributed by atoms with van der Waals surface area (Å²) in [5, 5.41) is 0. The Labute approximate surface area is 260 Å². The first kappa shape index (κ1) is 41.6. The summed E-state index contributed by atoms with van der Waals surface area (Å²) in [6.07, 6.45) is 9.18. The second kappa shape index (κ2) is 38.0. The predicted octanol–water partition coefficient (Wildman–Crippen LogP) is 5.54. The van der Waals surface area contributed by atoms with Gasteiger partial charge in [0.1, 0.15) is 0 Å². The maximum atomic E-state index is 3.20. The van der Waals surface area contributed by atoms with Crippen LogP contribution in [-0.4, -0.2) is 0 Å². The summed E-state index contributed by atoms with van der Waals surface area (Å²) < 4.78 is 0. The van der Waals surface area contributed by atoms with Crippen molar-refractivity contribution < 1.29 is 66.0 Å². The Balaban J connectivity index is -0.000000183. The molecule has 1 aliphatic carbocycles. The van der Waals surface area contributed by atoms with Crippen molar-refractivity contribution in [2.75, 3.05) is 0 Å². The third kappa shape index (κ3) is 34.7. The zero-order valence-corrected chi connectivity index (χ0v) is 23.2. The standard InChI is InChI=1S/C12H16.4C5H.4Ni/c1-2-4-6-8-10-12-11-9-7-5-3-1;4*1-2-4-5-3-1;;;;/h1-4,9-12H2;4*1H;;;;/q;4*-5;;;;. The molecule has 0 N–H and O–H groups in total. The van der Waals surface area contributed by atoms with Crippen molar-refractivity contribution in [3.8, 4) is 23.7 Å². The van der Waals surface area contributed by atoms with Gasteiger partial charge in [-0.15, -0.1) is 23.7 Å². The van der Waals surface area contributed by atoms with Crippen molar-refractivity contribution in [1.29, 1.82) is 0 Å². The minimum Gasteiger partial charge on any atom is -0.999 e. The van der Waals surface area contributed by atoms with Crippen LogP contribution in [-0.2, 0) is 66.0 Å². The molecule has 1 aliphatic rings. The molecule has 0 saturated carbocycles. The Morgan fingerprint density at radius 2 is 0.472 bits per heavy atom. The van der Waals surface area contributed by atoms with E-state index in [4.69, 9.17) is 0 Å². The molecule has 0 aromatic heterocycles. The second-order valence-corrected chi connectivity index (χ2v) is 5.85. The van der Waals surface area contributed by atoms with E-state index in [1.54, 1.807) is 24.3 Å². The smallest absolute Gasteiger partial charge is 0.00890 e. The zero-order chi connectivity index (χ0) is 22.6. The molecule has 0 radical (unpaired) electrons. The van der Waals surface area contributed by atoms with E-state index in [9.17, 15) is 0 Å². The summed E-state index contributed by atoms with van der Waals surface area (Å²) in [7, 11) is 0. The van der Waals surface area contributed by atoms with E-state index in [1.807, 2.05) is 0 Å². The van der Waals surface area contributed by atoms with Crippen LogP contribution in [0.1, 0.15) is 51.4 Å². The average molecular weight is 639 g/mol. The third-order valence-corrected chi connectivity index (χ3v) is 3.36. The molecule has 0 bridgehead atoms. The molecule has 0 atom stereocenters. The molecule has 0 spiro atoms. The molecular weight excluding hydrogens is 619 g/mol. The van der Waals surface area contributed by atoms with Crippen molar-refractivity contribution >= 4 is 0 Å². The van der Waals surface area contributed by atoms with Gasteiger partial charge in [0.2, 0.25) is 0 Å². The Hall–Kier alpha value is -1.51. The molecule has 208 valence electrons. The maximum Gasteiger partial charge on any atom is 0.00890 e. The van der Waals surface area contributed by atoms with Crippen molar-refractivity contribution in [3.63, 3.8) is 0 Å². The summed E-state index contributed by atoms with van der Waals surface area (Å²) in [6.45, 7) is 0. The van der Waals surface area contributed by atoms with E-state index < -0.39 is 0 Å². The van der Waals surface area contributed by atoms with Gasteiger partial charge in [-0.05, 0) is 25.7 Å². The van der Waals surface area contributed by atoms with Crippen LogP contribution in [0.3, 0.4) is 0 Å². The molecule has 4 heteroatoms. The van der Waals surface area contributed by atoms with Gasteiger partial charge in [0.25, 0.3) is 0 Å². The molecule has 4 aromatic carbocycles. The Kier molecular flexibility index (Phi) is 44.0. The molecule has 0 unspecified atom stereocenters. The molecule has 0 nitrogen and oxygen atoms in total. The van der Waals surface area contributed by atoms with Crippen molar-refractivity contribution in [2.24, 2.45) is 0 Å². The third-order valence-electron chi connectivity index (χ3n) is 3.36. The fourth-order valence-electron chi connectivity index (χ4n) is 1.93. The number of hydrogen-bond donors (Lipinski definition) is 0. The van der Waals surface area contributed by atoms with E-state index in [2.05, 4.69) is 121 Å². The van der Waals surface area contributed by atoms with Crippen molar-refractivity contribution in [1.82, 2.24) is 0 Å². The van der Waals surface area contributed by atoms with Crippen LogP contribution in [0.25, 0.3) is 0 Å². The maximum absolute atomic E-state index is 3.20. The van der Waals surface area contributed by atoms with E-state index in [1.165, 1.54) is 25.7 Å². The minimum atomic E-state index is 0. The van der Waals surface area contributed by atoms with Gasteiger partial charge in [-0.1, -0.05) is 0 Å². The quantitative estimate of drug-likeness (QED) is 0.135. The largest absolute Gasteiger partial charge is 0.999 e. The van der Waals surface area contributed by atoms with Crippen molar-refractivity contribution in [3.05, 3.63) is 121 Å². The monoisotopic (exact) mass is 636 g/mol. The van der Waals surface area contributed by atoms with Gasteiger partial charge in [-0.25, -0.2) is 0 Å². The first-order valence-corrected chi connectivity index (χ1v) is 10.2. The SMILES string of the molecule is C1#CCCCCC#CCCCC1.[Ni].[Ni].[Ni].[Ni].[c-]1[c-][c-][cH-][c-]1.[c-]1[c-][c-][cH-][c-]1.[c-]1[c-][c-][cH-][c-]1.[c-]1[c-][c-][cH-][c-]1. The van der Waals surface area contributed by atoms with Crippen LogP contribution in [0.4, 0.5) is 0 Å². The molecule has 0 saturated heterocycles. The van der Waals surface area contributed by atoms with Crippen LogP contribution >= 0.6 is 0 Å². The van der Waals surface area contributed by atoms with Gasteiger partial charge < -0.3 is 121 Å². The summed E-state index contributed by atoms with van der Waals surface area (Å²) in [6, 6.07) is 48.0. The summed E-state index contributed by atoms with van der Waals surface area (Å²) >= 11 is 0. The first-order valence-electron chi connectivity index (χ1n) is 10.2. The Morgan fingerprint density at radius 1 is 0.306 bits per heavy atom. The predicted molar refractivity (Wildman–Crippen MR) is 122 cm³/mol.